The highest BCUT2D eigenvalue weighted by Gasteiger charge is 2.14. The van der Waals surface area contributed by atoms with Gasteiger partial charge in [0.1, 0.15) is 5.82 Å². The van der Waals surface area contributed by atoms with E-state index in [1.807, 2.05) is 13.0 Å². The smallest absolute Gasteiger partial charge is 0.289 e. The number of nitrogens with one attached hydrogen (secondary N) is 2. The molecule has 128 valence electrons. The number of aromatic nitrogens is 3. The monoisotopic (exact) mass is 330 g/mol. The predicted molar refractivity (Wildman–Crippen MR) is 90.2 cm³/mol. The van der Waals surface area contributed by atoms with Crippen LogP contribution in [0, 0.1) is 6.92 Å². The number of rotatable bonds is 6. The molecule has 1 saturated heterocycles. The van der Waals surface area contributed by atoms with E-state index in [1.54, 1.807) is 0 Å². The Morgan fingerprint density at radius 3 is 2.83 bits per heavy atom. The second-order valence-corrected chi connectivity index (χ2v) is 5.80. The minimum absolute atomic E-state index is 0.203. The topological polar surface area (TPSA) is 96.2 Å². The quantitative estimate of drug-likeness (QED) is 0.777. The second-order valence-electron chi connectivity index (χ2n) is 5.80. The molecule has 0 atom stereocenters. The van der Waals surface area contributed by atoms with E-state index >= 15 is 0 Å². The molecular weight excluding hydrogens is 308 g/mol. The van der Waals surface area contributed by atoms with Gasteiger partial charge in [0.2, 0.25) is 11.7 Å². The van der Waals surface area contributed by atoms with E-state index in [2.05, 4.69) is 30.7 Å². The fourth-order valence-corrected chi connectivity index (χ4v) is 2.69. The van der Waals surface area contributed by atoms with Gasteiger partial charge in [0.15, 0.2) is 0 Å². The van der Waals surface area contributed by atoms with Crippen LogP contribution in [-0.2, 0) is 0 Å². The van der Waals surface area contributed by atoms with Gasteiger partial charge < -0.3 is 20.1 Å². The summed E-state index contributed by atoms with van der Waals surface area (Å²) < 4.78 is 4.80. The SMILES string of the molecule is Cc1cc(N2CCCCC2)nc(NCCNC(=O)c2ccno2)n1. The number of carbonyl (C=O) groups is 1. The number of hydrogen-bond donors (Lipinski definition) is 2. The Labute approximate surface area is 140 Å². The van der Waals surface area contributed by atoms with Gasteiger partial charge in [-0.1, -0.05) is 5.16 Å². The molecule has 3 heterocycles. The van der Waals surface area contributed by atoms with Gasteiger partial charge in [-0.3, -0.25) is 4.79 Å². The van der Waals surface area contributed by atoms with Crippen LogP contribution in [0.25, 0.3) is 0 Å². The summed E-state index contributed by atoms with van der Waals surface area (Å²) in [5.41, 5.74) is 0.929. The van der Waals surface area contributed by atoms with Crippen LogP contribution in [-0.4, -0.2) is 47.2 Å². The van der Waals surface area contributed by atoms with Crippen molar-refractivity contribution in [1.29, 1.82) is 0 Å². The van der Waals surface area contributed by atoms with Crippen molar-refractivity contribution in [3.63, 3.8) is 0 Å². The summed E-state index contributed by atoms with van der Waals surface area (Å²) >= 11 is 0. The van der Waals surface area contributed by atoms with Gasteiger partial charge in [0.05, 0.1) is 6.20 Å². The fraction of sp³-hybridized carbons (Fsp3) is 0.500. The number of hydrogen-bond acceptors (Lipinski definition) is 7. The zero-order valence-corrected chi connectivity index (χ0v) is 13.8. The molecule has 8 heteroatoms. The van der Waals surface area contributed by atoms with Gasteiger partial charge in [-0.15, -0.1) is 0 Å². The molecule has 0 unspecified atom stereocenters. The van der Waals surface area contributed by atoms with E-state index in [-0.39, 0.29) is 11.7 Å². The van der Waals surface area contributed by atoms with Crippen LogP contribution in [0.1, 0.15) is 35.5 Å². The van der Waals surface area contributed by atoms with E-state index in [9.17, 15) is 4.79 Å². The van der Waals surface area contributed by atoms with Crippen molar-refractivity contribution < 1.29 is 9.32 Å². The summed E-state index contributed by atoms with van der Waals surface area (Å²) in [7, 11) is 0. The van der Waals surface area contributed by atoms with E-state index in [4.69, 9.17) is 4.52 Å². The molecule has 0 spiro atoms. The molecule has 1 amide bonds. The first kappa shape index (κ1) is 16.2. The molecule has 1 aliphatic heterocycles. The second kappa shape index (κ2) is 7.76. The number of nitrogens with zero attached hydrogens (tertiary/aromatic N) is 4. The largest absolute Gasteiger partial charge is 0.356 e. The minimum atomic E-state index is -0.284. The lowest BCUT2D eigenvalue weighted by Crippen LogP contribution is -2.31. The molecule has 2 aromatic heterocycles. The molecule has 24 heavy (non-hydrogen) atoms. The number of aryl methyl sites for hydroxylation is 1. The van der Waals surface area contributed by atoms with Crippen molar-refractivity contribution in [1.82, 2.24) is 20.4 Å². The maximum absolute atomic E-state index is 11.7. The van der Waals surface area contributed by atoms with E-state index in [0.29, 0.717) is 19.0 Å². The Morgan fingerprint density at radius 2 is 2.08 bits per heavy atom. The average molecular weight is 330 g/mol. The van der Waals surface area contributed by atoms with Crippen molar-refractivity contribution in [2.24, 2.45) is 0 Å². The van der Waals surface area contributed by atoms with Crippen molar-refractivity contribution in [2.75, 3.05) is 36.4 Å². The van der Waals surface area contributed by atoms with E-state index in [1.165, 1.54) is 31.5 Å². The summed E-state index contributed by atoms with van der Waals surface area (Å²) in [4.78, 5) is 23.0. The maximum atomic E-state index is 11.7. The summed E-state index contributed by atoms with van der Waals surface area (Å²) in [6, 6.07) is 3.54. The third-order valence-corrected chi connectivity index (χ3v) is 3.88. The normalized spacial score (nSPS) is 14.5. The van der Waals surface area contributed by atoms with Crippen LogP contribution in [0.3, 0.4) is 0 Å². The highest BCUT2D eigenvalue weighted by Crippen LogP contribution is 2.19. The number of piperidine rings is 1. The molecular formula is C16H22N6O2. The van der Waals surface area contributed by atoms with Gasteiger partial charge in [-0.2, -0.15) is 4.98 Å². The van der Waals surface area contributed by atoms with Crippen LogP contribution in [0.5, 0.6) is 0 Å². The molecule has 0 radical (unpaired) electrons. The predicted octanol–water partition coefficient (Wildman–Crippen LogP) is 1.61. The average Bonchev–Trinajstić information content (AvgIpc) is 3.14. The maximum Gasteiger partial charge on any atom is 0.289 e. The molecule has 0 saturated carbocycles. The van der Waals surface area contributed by atoms with Crippen LogP contribution >= 0.6 is 0 Å². The zero-order chi connectivity index (χ0) is 16.8. The van der Waals surface area contributed by atoms with Gasteiger partial charge in [-0.05, 0) is 26.2 Å². The van der Waals surface area contributed by atoms with Gasteiger partial charge in [0.25, 0.3) is 5.91 Å². The minimum Gasteiger partial charge on any atom is -0.356 e. The van der Waals surface area contributed by atoms with Crippen LogP contribution < -0.4 is 15.5 Å². The Bertz CT molecular complexity index is 667. The molecule has 3 rings (SSSR count). The molecule has 0 aromatic carbocycles. The summed E-state index contributed by atoms with van der Waals surface area (Å²) in [5.74, 6) is 1.47. The van der Waals surface area contributed by atoms with E-state index < -0.39 is 0 Å². The molecule has 8 nitrogen and oxygen atoms in total. The van der Waals surface area contributed by atoms with Gasteiger partial charge >= 0.3 is 0 Å². The zero-order valence-electron chi connectivity index (χ0n) is 13.8. The first-order valence-electron chi connectivity index (χ1n) is 8.26. The van der Waals surface area contributed by atoms with Crippen LogP contribution in [0.15, 0.2) is 22.9 Å². The molecule has 2 N–H and O–H groups in total. The highest BCUT2D eigenvalue weighted by molar-refractivity contribution is 5.91. The lowest BCUT2D eigenvalue weighted by Gasteiger charge is -2.28. The third kappa shape index (κ3) is 4.21. The Balaban J connectivity index is 1.51. The number of anilines is 2. The van der Waals surface area contributed by atoms with E-state index in [0.717, 1.165) is 24.6 Å². The van der Waals surface area contributed by atoms with Crippen molar-refractivity contribution in [3.05, 3.63) is 29.8 Å². The molecule has 0 aliphatic carbocycles. The third-order valence-electron chi connectivity index (χ3n) is 3.88. The summed E-state index contributed by atoms with van der Waals surface area (Å²) in [6.07, 6.45) is 5.14. The Morgan fingerprint density at radius 1 is 1.25 bits per heavy atom. The molecule has 1 fully saturated rings. The molecule has 1 aliphatic rings. The standard InChI is InChI=1S/C16H22N6O2/c1-12-11-14(22-9-3-2-4-10-22)21-16(20-12)18-8-7-17-15(23)13-5-6-19-24-13/h5-6,11H,2-4,7-10H2,1H3,(H,17,23)(H,18,20,21). The Kier molecular flexibility index (Phi) is 5.25. The molecule has 2 aromatic rings. The van der Waals surface area contributed by atoms with Crippen LogP contribution in [0.4, 0.5) is 11.8 Å². The van der Waals surface area contributed by atoms with Crippen molar-refractivity contribution in [3.8, 4) is 0 Å². The van der Waals surface area contributed by atoms with Crippen molar-refractivity contribution >= 4 is 17.7 Å². The van der Waals surface area contributed by atoms with Crippen LogP contribution in [0.2, 0.25) is 0 Å². The number of amides is 1. The first-order valence-corrected chi connectivity index (χ1v) is 8.26. The lowest BCUT2D eigenvalue weighted by atomic mass is 10.1. The van der Waals surface area contributed by atoms with Gasteiger partial charge in [-0.25, -0.2) is 4.98 Å². The number of carbonyl (C=O) groups excluding carboxylic acids is 1. The lowest BCUT2D eigenvalue weighted by molar-refractivity contribution is 0.0918. The van der Waals surface area contributed by atoms with Crippen molar-refractivity contribution in [2.45, 2.75) is 26.2 Å². The summed E-state index contributed by atoms with van der Waals surface area (Å²) in [6.45, 7) is 5.02. The summed E-state index contributed by atoms with van der Waals surface area (Å²) in [5, 5.41) is 9.41. The highest BCUT2D eigenvalue weighted by atomic mass is 16.5. The first-order chi connectivity index (χ1) is 11.7. The Hall–Kier alpha value is -2.64. The molecule has 0 bridgehead atoms. The fourth-order valence-electron chi connectivity index (χ4n) is 2.69. The van der Waals surface area contributed by atoms with Gasteiger partial charge in [0, 0.05) is 44.0 Å².